The van der Waals surface area contributed by atoms with Gasteiger partial charge in [0.25, 0.3) is 0 Å². The maximum Gasteiger partial charge on any atom is 0.226 e. The van der Waals surface area contributed by atoms with E-state index in [0.29, 0.717) is 23.5 Å². The number of piperidine rings is 1. The molecule has 3 aromatic rings. The van der Waals surface area contributed by atoms with Crippen molar-refractivity contribution in [3.8, 4) is 11.3 Å². The smallest absolute Gasteiger partial charge is 0.226 e. The fraction of sp³-hybridized carbons (Fsp3) is 0.278. The van der Waals surface area contributed by atoms with Crippen molar-refractivity contribution in [2.45, 2.75) is 23.8 Å². The normalized spacial score (nSPS) is 15.3. The van der Waals surface area contributed by atoms with Crippen LogP contribution in [-0.2, 0) is 0 Å². The Kier molecular flexibility index (Phi) is 4.87. The lowest BCUT2D eigenvalue weighted by Gasteiger charge is -2.23. The highest BCUT2D eigenvalue weighted by atomic mass is 32.2. The minimum atomic E-state index is 0.356. The van der Waals surface area contributed by atoms with Crippen LogP contribution < -0.4 is 21.5 Å². The summed E-state index contributed by atoms with van der Waals surface area (Å²) in [4.78, 5) is 14.7. The molecular formula is C18H21N7S. The molecular weight excluding hydrogens is 346 g/mol. The van der Waals surface area contributed by atoms with Gasteiger partial charge < -0.3 is 16.4 Å². The van der Waals surface area contributed by atoms with Crippen molar-refractivity contribution >= 4 is 34.7 Å². The second-order valence-electron chi connectivity index (χ2n) is 6.31. The molecule has 2 aromatic heterocycles. The lowest BCUT2D eigenvalue weighted by molar-refractivity contribution is 0.477. The third kappa shape index (κ3) is 3.57. The summed E-state index contributed by atoms with van der Waals surface area (Å²) in [6, 6.07) is 12.2. The topological polar surface area (TPSA) is 115 Å². The SMILES string of the molecule is NSc1cccc(-c2ccc3c(N)nc(NC4CCNCC4)nc3n2)c1. The Morgan fingerprint density at radius 3 is 2.73 bits per heavy atom. The summed E-state index contributed by atoms with van der Waals surface area (Å²) in [5.41, 5.74) is 8.55. The van der Waals surface area contributed by atoms with E-state index in [1.807, 2.05) is 36.4 Å². The summed E-state index contributed by atoms with van der Waals surface area (Å²) < 4.78 is 0. The van der Waals surface area contributed by atoms with Crippen LogP contribution in [0.15, 0.2) is 41.3 Å². The zero-order valence-electron chi connectivity index (χ0n) is 14.3. The first-order valence-corrected chi connectivity index (χ1v) is 9.49. The second-order valence-corrected chi connectivity index (χ2v) is 7.02. The average molecular weight is 367 g/mol. The first kappa shape index (κ1) is 17.0. The number of benzene rings is 1. The molecule has 7 nitrogen and oxygen atoms in total. The third-order valence-electron chi connectivity index (χ3n) is 4.53. The molecule has 134 valence electrons. The number of hydrogen-bond donors (Lipinski definition) is 4. The van der Waals surface area contributed by atoms with Crippen molar-refractivity contribution in [3.05, 3.63) is 36.4 Å². The molecule has 1 aliphatic rings. The van der Waals surface area contributed by atoms with E-state index in [4.69, 9.17) is 15.9 Å². The molecule has 1 aromatic carbocycles. The molecule has 0 saturated carbocycles. The average Bonchev–Trinajstić information content (AvgIpc) is 2.68. The summed E-state index contributed by atoms with van der Waals surface area (Å²) in [6.07, 6.45) is 2.08. The van der Waals surface area contributed by atoms with E-state index < -0.39 is 0 Å². The number of nitrogens with zero attached hydrogens (tertiary/aromatic N) is 3. The van der Waals surface area contributed by atoms with Gasteiger partial charge in [-0.1, -0.05) is 12.1 Å². The number of fused-ring (bicyclic) bond motifs is 1. The van der Waals surface area contributed by atoms with Gasteiger partial charge in [0, 0.05) is 16.5 Å². The van der Waals surface area contributed by atoms with Crippen LogP contribution in [0.25, 0.3) is 22.3 Å². The number of pyridine rings is 1. The number of hydrogen-bond acceptors (Lipinski definition) is 8. The van der Waals surface area contributed by atoms with Crippen LogP contribution in [0.1, 0.15) is 12.8 Å². The fourth-order valence-corrected chi connectivity index (χ4v) is 3.49. The van der Waals surface area contributed by atoms with Gasteiger partial charge in [-0.2, -0.15) is 9.97 Å². The molecule has 1 fully saturated rings. The van der Waals surface area contributed by atoms with Crippen molar-refractivity contribution in [2.24, 2.45) is 5.14 Å². The molecule has 8 heteroatoms. The molecule has 0 amide bonds. The van der Waals surface area contributed by atoms with Gasteiger partial charge in [0.2, 0.25) is 5.95 Å². The van der Waals surface area contributed by atoms with Crippen LogP contribution in [0.4, 0.5) is 11.8 Å². The molecule has 0 spiro atoms. The molecule has 1 aliphatic heterocycles. The summed E-state index contributed by atoms with van der Waals surface area (Å²) in [6.45, 7) is 2.00. The second kappa shape index (κ2) is 7.45. The Morgan fingerprint density at radius 1 is 1.08 bits per heavy atom. The maximum atomic E-state index is 6.13. The largest absolute Gasteiger partial charge is 0.383 e. The van der Waals surface area contributed by atoms with Crippen molar-refractivity contribution in [1.82, 2.24) is 20.3 Å². The number of anilines is 2. The van der Waals surface area contributed by atoms with Gasteiger partial charge in [0.05, 0.1) is 11.1 Å². The van der Waals surface area contributed by atoms with E-state index in [-0.39, 0.29) is 0 Å². The van der Waals surface area contributed by atoms with Crippen LogP contribution in [0.3, 0.4) is 0 Å². The standard InChI is InChI=1S/C18H21N7S/c19-16-14-4-5-15(11-2-1-3-13(10-11)26-20)23-17(14)25-18(24-16)22-12-6-8-21-9-7-12/h1-5,10,12,21H,6-9,20H2,(H3,19,22,23,24,25). The van der Waals surface area contributed by atoms with E-state index in [2.05, 4.69) is 20.6 Å². The fourth-order valence-electron chi connectivity index (χ4n) is 3.14. The summed E-state index contributed by atoms with van der Waals surface area (Å²) in [7, 11) is 0. The molecule has 0 radical (unpaired) electrons. The molecule has 6 N–H and O–H groups in total. The Bertz CT molecular complexity index is 925. The first-order chi connectivity index (χ1) is 12.7. The lowest BCUT2D eigenvalue weighted by atomic mass is 10.1. The maximum absolute atomic E-state index is 6.13. The Hall–Kier alpha value is -2.42. The minimum Gasteiger partial charge on any atom is -0.383 e. The van der Waals surface area contributed by atoms with Crippen LogP contribution in [0.2, 0.25) is 0 Å². The summed E-state index contributed by atoms with van der Waals surface area (Å²) in [5.74, 6) is 0.981. The molecule has 0 aliphatic carbocycles. The summed E-state index contributed by atoms with van der Waals surface area (Å²) >= 11 is 1.22. The molecule has 26 heavy (non-hydrogen) atoms. The van der Waals surface area contributed by atoms with Gasteiger partial charge in [0.15, 0.2) is 5.65 Å². The van der Waals surface area contributed by atoms with Gasteiger partial charge >= 0.3 is 0 Å². The minimum absolute atomic E-state index is 0.356. The van der Waals surface area contributed by atoms with E-state index >= 15 is 0 Å². The van der Waals surface area contributed by atoms with Crippen LogP contribution >= 0.6 is 11.9 Å². The Morgan fingerprint density at radius 2 is 1.92 bits per heavy atom. The van der Waals surface area contributed by atoms with Crippen molar-refractivity contribution in [3.63, 3.8) is 0 Å². The van der Waals surface area contributed by atoms with Gasteiger partial charge in [-0.3, -0.25) is 5.14 Å². The Labute approximate surface area is 156 Å². The highest BCUT2D eigenvalue weighted by Crippen LogP contribution is 2.26. The van der Waals surface area contributed by atoms with Crippen molar-refractivity contribution in [2.75, 3.05) is 24.1 Å². The van der Waals surface area contributed by atoms with E-state index in [0.717, 1.165) is 47.5 Å². The van der Waals surface area contributed by atoms with Crippen molar-refractivity contribution in [1.29, 1.82) is 0 Å². The number of aromatic nitrogens is 3. The van der Waals surface area contributed by atoms with Gasteiger partial charge in [-0.25, -0.2) is 4.98 Å². The van der Waals surface area contributed by atoms with Crippen LogP contribution in [-0.4, -0.2) is 34.1 Å². The predicted molar refractivity (Wildman–Crippen MR) is 107 cm³/mol. The molecule has 4 rings (SSSR count). The predicted octanol–water partition coefficient (Wildman–Crippen LogP) is 2.40. The molecule has 0 atom stereocenters. The van der Waals surface area contributed by atoms with Crippen LogP contribution in [0, 0.1) is 0 Å². The zero-order chi connectivity index (χ0) is 17.9. The van der Waals surface area contributed by atoms with Gasteiger partial charge in [0.1, 0.15) is 5.82 Å². The monoisotopic (exact) mass is 367 g/mol. The molecule has 0 bridgehead atoms. The highest BCUT2D eigenvalue weighted by Gasteiger charge is 2.15. The first-order valence-electron chi connectivity index (χ1n) is 8.61. The van der Waals surface area contributed by atoms with E-state index in [1.54, 1.807) is 0 Å². The molecule has 0 unspecified atom stereocenters. The van der Waals surface area contributed by atoms with Crippen LogP contribution in [0.5, 0.6) is 0 Å². The van der Waals surface area contributed by atoms with E-state index in [1.165, 1.54) is 11.9 Å². The zero-order valence-corrected chi connectivity index (χ0v) is 15.1. The molecule has 1 saturated heterocycles. The van der Waals surface area contributed by atoms with Crippen molar-refractivity contribution < 1.29 is 0 Å². The third-order valence-corrected chi connectivity index (χ3v) is 5.05. The van der Waals surface area contributed by atoms with E-state index in [9.17, 15) is 0 Å². The van der Waals surface area contributed by atoms with Gasteiger partial charge in [-0.15, -0.1) is 0 Å². The quantitative estimate of drug-likeness (QED) is 0.520. The number of nitrogens with two attached hydrogens (primary N) is 2. The highest BCUT2D eigenvalue weighted by molar-refractivity contribution is 7.97. The lowest BCUT2D eigenvalue weighted by Crippen LogP contribution is -2.35. The number of nitrogens with one attached hydrogen (secondary N) is 2. The summed E-state index contributed by atoms with van der Waals surface area (Å²) in [5, 5.41) is 13.2. The Balaban J connectivity index is 1.69. The molecule has 3 heterocycles. The number of rotatable bonds is 4. The van der Waals surface area contributed by atoms with Gasteiger partial charge in [-0.05, 0) is 62.1 Å². The number of nitrogen functional groups attached to an aromatic ring is 1.